The number of nitrogens with zero attached hydrogens (tertiary/aromatic N) is 1. The largest absolute Gasteiger partial charge is 0.356 e. The Kier molecular flexibility index (Phi) is 4.00. The van der Waals surface area contributed by atoms with Crippen molar-refractivity contribution in [1.29, 1.82) is 0 Å². The summed E-state index contributed by atoms with van der Waals surface area (Å²) >= 11 is 5.87. The molecule has 2 aromatic carbocycles. The summed E-state index contributed by atoms with van der Waals surface area (Å²) in [6.07, 6.45) is 0.764. The van der Waals surface area contributed by atoms with E-state index in [2.05, 4.69) is 11.1 Å². The number of para-hydroxylation sites is 1. The number of carbonyl (C=O) groups excluding carboxylic acids is 1. The van der Waals surface area contributed by atoms with E-state index < -0.39 is 0 Å². The van der Waals surface area contributed by atoms with Crippen LogP contribution in [0.25, 0.3) is 10.9 Å². The van der Waals surface area contributed by atoms with Gasteiger partial charge in [0, 0.05) is 22.6 Å². The molecule has 3 nitrogen and oxygen atoms in total. The molecule has 25 heavy (non-hydrogen) atoms. The monoisotopic (exact) mass is 356 g/mol. The lowest BCUT2D eigenvalue weighted by Gasteiger charge is -2.40. The molecule has 1 amide bonds. The van der Waals surface area contributed by atoms with Gasteiger partial charge in [-0.3, -0.25) is 4.79 Å². The number of halogens is 2. The van der Waals surface area contributed by atoms with E-state index in [4.69, 9.17) is 11.6 Å². The molecule has 128 valence electrons. The second-order valence-corrected chi connectivity index (χ2v) is 6.77. The van der Waals surface area contributed by atoms with E-state index in [1.165, 1.54) is 23.1 Å². The van der Waals surface area contributed by atoms with Crippen molar-refractivity contribution in [2.75, 3.05) is 5.88 Å². The first-order valence-corrected chi connectivity index (χ1v) is 8.85. The SMILES string of the molecule is C[C@H]1Cc2c([nH]c3ccccc23)[C@H](c2ccc(F)cc2)N1C(=O)CCl. The molecule has 0 fully saturated rings. The predicted molar refractivity (Wildman–Crippen MR) is 97.3 cm³/mol. The molecule has 1 aliphatic heterocycles. The number of alkyl halides is 1. The number of hydrogen-bond donors (Lipinski definition) is 1. The minimum atomic E-state index is -0.294. The zero-order valence-electron chi connectivity index (χ0n) is 13.8. The van der Waals surface area contributed by atoms with Gasteiger partial charge in [-0.25, -0.2) is 4.39 Å². The van der Waals surface area contributed by atoms with E-state index in [1.54, 1.807) is 12.1 Å². The third-order valence-electron chi connectivity index (χ3n) is 4.96. The van der Waals surface area contributed by atoms with Crippen molar-refractivity contribution in [3.05, 3.63) is 71.2 Å². The molecule has 0 unspecified atom stereocenters. The van der Waals surface area contributed by atoms with E-state index >= 15 is 0 Å². The molecule has 5 heteroatoms. The van der Waals surface area contributed by atoms with Gasteiger partial charge in [-0.1, -0.05) is 30.3 Å². The fourth-order valence-electron chi connectivity index (χ4n) is 3.89. The number of rotatable bonds is 2. The fourth-order valence-corrected chi connectivity index (χ4v) is 4.03. The van der Waals surface area contributed by atoms with Gasteiger partial charge in [-0.15, -0.1) is 11.6 Å². The number of carbonyl (C=O) groups is 1. The van der Waals surface area contributed by atoms with E-state index in [0.29, 0.717) is 0 Å². The number of nitrogens with one attached hydrogen (secondary N) is 1. The van der Waals surface area contributed by atoms with Gasteiger partial charge in [0.2, 0.25) is 5.91 Å². The molecular weight excluding hydrogens is 339 g/mol. The Morgan fingerprint density at radius 1 is 1.24 bits per heavy atom. The van der Waals surface area contributed by atoms with Crippen molar-refractivity contribution < 1.29 is 9.18 Å². The minimum Gasteiger partial charge on any atom is -0.356 e. The molecule has 2 heterocycles. The molecule has 0 spiro atoms. The Labute approximate surface area is 150 Å². The van der Waals surface area contributed by atoms with Gasteiger partial charge in [-0.2, -0.15) is 0 Å². The van der Waals surface area contributed by atoms with E-state index in [0.717, 1.165) is 23.2 Å². The summed E-state index contributed by atoms with van der Waals surface area (Å²) < 4.78 is 13.4. The molecular formula is C20H18ClFN2O. The summed E-state index contributed by atoms with van der Waals surface area (Å²) in [6, 6.07) is 14.2. The topological polar surface area (TPSA) is 36.1 Å². The van der Waals surface area contributed by atoms with Gasteiger partial charge in [0.05, 0.1) is 6.04 Å². The number of aromatic amines is 1. The first-order chi connectivity index (χ1) is 12.1. The van der Waals surface area contributed by atoms with Crippen LogP contribution in [0.1, 0.15) is 29.8 Å². The molecule has 0 saturated carbocycles. The van der Waals surface area contributed by atoms with Gasteiger partial charge in [0.1, 0.15) is 11.7 Å². The van der Waals surface area contributed by atoms with Crippen LogP contribution >= 0.6 is 11.6 Å². The van der Waals surface area contributed by atoms with Gasteiger partial charge < -0.3 is 9.88 Å². The average Bonchev–Trinajstić information content (AvgIpc) is 2.99. The van der Waals surface area contributed by atoms with E-state index in [9.17, 15) is 9.18 Å². The highest BCUT2D eigenvalue weighted by Crippen LogP contribution is 2.40. The highest BCUT2D eigenvalue weighted by molar-refractivity contribution is 6.27. The molecule has 0 bridgehead atoms. The van der Waals surface area contributed by atoms with Gasteiger partial charge in [0.25, 0.3) is 0 Å². The number of hydrogen-bond acceptors (Lipinski definition) is 1. The van der Waals surface area contributed by atoms with Crippen LogP contribution in [-0.2, 0) is 11.2 Å². The second kappa shape index (κ2) is 6.19. The van der Waals surface area contributed by atoms with Gasteiger partial charge in [-0.05, 0) is 42.7 Å². The third-order valence-corrected chi connectivity index (χ3v) is 5.19. The number of benzene rings is 2. The van der Waals surface area contributed by atoms with Gasteiger partial charge >= 0.3 is 0 Å². The van der Waals surface area contributed by atoms with Crippen molar-refractivity contribution in [2.45, 2.75) is 25.4 Å². The first-order valence-electron chi connectivity index (χ1n) is 8.32. The van der Waals surface area contributed by atoms with Crippen molar-refractivity contribution in [2.24, 2.45) is 0 Å². The van der Waals surface area contributed by atoms with Crippen LogP contribution in [0.5, 0.6) is 0 Å². The van der Waals surface area contributed by atoms with Crippen LogP contribution < -0.4 is 0 Å². The maximum Gasteiger partial charge on any atom is 0.238 e. The standard InChI is InChI=1S/C20H18ClFN2O/c1-12-10-16-15-4-2-3-5-17(15)23-19(16)20(24(12)18(25)11-21)13-6-8-14(22)9-7-13/h2-9,12,20,23H,10-11H2,1H3/t12-,20-/m0/s1. The normalized spacial score (nSPS) is 19.9. The minimum absolute atomic E-state index is 0.00742. The molecule has 3 aromatic rings. The molecule has 1 N–H and O–H groups in total. The van der Waals surface area contributed by atoms with Crippen LogP contribution in [0.3, 0.4) is 0 Å². The Bertz CT molecular complexity index is 935. The average molecular weight is 357 g/mol. The highest BCUT2D eigenvalue weighted by atomic mass is 35.5. The Morgan fingerprint density at radius 2 is 1.96 bits per heavy atom. The number of fused-ring (bicyclic) bond motifs is 3. The predicted octanol–water partition coefficient (Wildman–Crippen LogP) is 4.41. The zero-order valence-corrected chi connectivity index (χ0v) is 14.6. The molecule has 1 aliphatic rings. The molecule has 0 aliphatic carbocycles. The van der Waals surface area contributed by atoms with Crippen molar-refractivity contribution in [3.63, 3.8) is 0 Å². The maximum atomic E-state index is 13.4. The smallest absolute Gasteiger partial charge is 0.238 e. The van der Waals surface area contributed by atoms with Crippen LogP contribution in [0.15, 0.2) is 48.5 Å². The fraction of sp³-hybridized carbons (Fsp3) is 0.250. The van der Waals surface area contributed by atoms with E-state index in [1.807, 2.05) is 30.0 Å². The summed E-state index contributed by atoms with van der Waals surface area (Å²) in [7, 11) is 0. The summed E-state index contributed by atoms with van der Waals surface area (Å²) in [6.45, 7) is 2.03. The lowest BCUT2D eigenvalue weighted by atomic mass is 9.88. The maximum absolute atomic E-state index is 13.4. The van der Waals surface area contributed by atoms with Crippen molar-refractivity contribution in [1.82, 2.24) is 9.88 Å². The van der Waals surface area contributed by atoms with Crippen LogP contribution in [0.2, 0.25) is 0 Å². The Hall–Kier alpha value is -2.33. The second-order valence-electron chi connectivity index (χ2n) is 6.50. The summed E-state index contributed by atoms with van der Waals surface area (Å²) in [5.74, 6) is -0.482. The van der Waals surface area contributed by atoms with E-state index in [-0.39, 0.29) is 29.7 Å². The van der Waals surface area contributed by atoms with Crippen LogP contribution in [0.4, 0.5) is 4.39 Å². The lowest BCUT2D eigenvalue weighted by molar-refractivity contribution is -0.133. The van der Waals surface area contributed by atoms with Crippen molar-refractivity contribution >= 4 is 28.4 Å². The molecule has 0 saturated heterocycles. The molecule has 2 atom stereocenters. The van der Waals surface area contributed by atoms with Crippen LogP contribution in [-0.4, -0.2) is 27.7 Å². The first kappa shape index (κ1) is 16.2. The summed E-state index contributed by atoms with van der Waals surface area (Å²) in [5.41, 5.74) is 4.13. The lowest BCUT2D eigenvalue weighted by Crippen LogP contribution is -2.46. The molecule has 0 radical (unpaired) electrons. The molecule has 4 rings (SSSR count). The number of aromatic nitrogens is 1. The quantitative estimate of drug-likeness (QED) is 0.678. The van der Waals surface area contributed by atoms with Crippen LogP contribution in [0, 0.1) is 5.82 Å². The molecule has 1 aromatic heterocycles. The third kappa shape index (κ3) is 2.61. The highest BCUT2D eigenvalue weighted by Gasteiger charge is 2.38. The van der Waals surface area contributed by atoms with Crippen molar-refractivity contribution in [3.8, 4) is 0 Å². The Balaban J connectivity index is 1.94. The summed E-state index contributed by atoms with van der Waals surface area (Å²) in [5, 5.41) is 1.18. The number of amides is 1. The summed E-state index contributed by atoms with van der Waals surface area (Å²) in [4.78, 5) is 17.9. The number of H-pyrrole nitrogens is 1. The zero-order chi connectivity index (χ0) is 17.6. The Morgan fingerprint density at radius 3 is 2.68 bits per heavy atom. The van der Waals surface area contributed by atoms with Gasteiger partial charge in [0.15, 0.2) is 0 Å².